The third kappa shape index (κ3) is 7.44. The molecule has 2 unspecified atom stereocenters. The van der Waals surface area contributed by atoms with Crippen molar-refractivity contribution in [3.05, 3.63) is 95.3 Å². The average Bonchev–Trinajstić information content (AvgIpc) is 2.90. The highest BCUT2D eigenvalue weighted by Crippen LogP contribution is 2.26. The van der Waals surface area contributed by atoms with Gasteiger partial charge in [0.15, 0.2) is 0 Å². The van der Waals surface area contributed by atoms with Gasteiger partial charge < -0.3 is 10.2 Å². The lowest BCUT2D eigenvalue weighted by Crippen LogP contribution is -2.52. The van der Waals surface area contributed by atoms with E-state index in [-0.39, 0.29) is 23.0 Å². The van der Waals surface area contributed by atoms with Crippen molar-refractivity contribution in [3.8, 4) is 0 Å². The van der Waals surface area contributed by atoms with Gasteiger partial charge in [0.25, 0.3) is 10.0 Å². The molecule has 39 heavy (non-hydrogen) atoms. The molecular formula is C30H36FN3O4S. The number of benzene rings is 3. The van der Waals surface area contributed by atoms with Crippen LogP contribution in [0, 0.1) is 19.7 Å². The van der Waals surface area contributed by atoms with Gasteiger partial charge in [-0.2, -0.15) is 0 Å². The Balaban J connectivity index is 2.06. The molecule has 0 saturated heterocycles. The molecule has 0 aliphatic rings. The Morgan fingerprint density at radius 1 is 0.923 bits per heavy atom. The topological polar surface area (TPSA) is 86.8 Å². The molecule has 0 bridgehead atoms. The van der Waals surface area contributed by atoms with Crippen LogP contribution in [-0.2, 0) is 26.2 Å². The number of amides is 2. The number of carbonyl (C=O) groups excluding carboxylic acids is 2. The zero-order valence-electron chi connectivity index (χ0n) is 23.0. The summed E-state index contributed by atoms with van der Waals surface area (Å²) >= 11 is 0. The molecule has 1 N–H and O–H groups in total. The standard InChI is InChI=1S/C30H36FN3O4S/c1-6-23(4)32-30(36)24(5)33(19-25-12-10-11-15-28(25)31)29(35)20-34(26-17-21(2)16-22(3)18-26)39(37,38)27-13-8-7-9-14-27/h7-18,23-24H,6,19-20H2,1-5H3,(H,32,36). The van der Waals surface area contributed by atoms with E-state index in [1.807, 2.05) is 33.8 Å². The van der Waals surface area contributed by atoms with E-state index in [9.17, 15) is 22.4 Å². The summed E-state index contributed by atoms with van der Waals surface area (Å²) in [4.78, 5) is 28.2. The van der Waals surface area contributed by atoms with Crippen molar-refractivity contribution >= 4 is 27.5 Å². The number of sulfonamides is 1. The van der Waals surface area contributed by atoms with E-state index in [0.717, 1.165) is 15.4 Å². The molecule has 0 aliphatic heterocycles. The maximum Gasteiger partial charge on any atom is 0.264 e. The molecule has 0 fully saturated rings. The fourth-order valence-electron chi connectivity index (χ4n) is 4.20. The van der Waals surface area contributed by atoms with Crippen LogP contribution < -0.4 is 9.62 Å². The monoisotopic (exact) mass is 553 g/mol. The molecule has 208 valence electrons. The van der Waals surface area contributed by atoms with E-state index in [0.29, 0.717) is 12.1 Å². The first kappa shape index (κ1) is 29.8. The number of hydrogen-bond donors (Lipinski definition) is 1. The first-order valence-electron chi connectivity index (χ1n) is 12.9. The number of hydrogen-bond acceptors (Lipinski definition) is 4. The van der Waals surface area contributed by atoms with Crippen molar-refractivity contribution in [2.45, 2.75) is 64.6 Å². The minimum atomic E-state index is -4.15. The molecule has 2 amide bonds. The lowest BCUT2D eigenvalue weighted by atomic mass is 10.1. The zero-order chi connectivity index (χ0) is 28.7. The number of aryl methyl sites for hydroxylation is 2. The van der Waals surface area contributed by atoms with Crippen molar-refractivity contribution < 1.29 is 22.4 Å². The maximum absolute atomic E-state index is 14.6. The number of rotatable bonds is 11. The predicted octanol–water partition coefficient (Wildman–Crippen LogP) is 4.97. The van der Waals surface area contributed by atoms with Gasteiger partial charge in [-0.3, -0.25) is 13.9 Å². The summed E-state index contributed by atoms with van der Waals surface area (Å²) in [5, 5.41) is 2.86. The summed E-state index contributed by atoms with van der Waals surface area (Å²) in [6.07, 6.45) is 0.690. The van der Waals surface area contributed by atoms with Crippen LogP contribution in [0.4, 0.5) is 10.1 Å². The van der Waals surface area contributed by atoms with Crippen molar-refractivity contribution in [1.82, 2.24) is 10.2 Å². The Labute approximate surface area is 230 Å². The van der Waals surface area contributed by atoms with Gasteiger partial charge in [-0.15, -0.1) is 0 Å². The maximum atomic E-state index is 14.6. The molecule has 3 aromatic rings. The average molecular weight is 554 g/mol. The summed E-state index contributed by atoms with van der Waals surface area (Å²) in [6.45, 7) is 8.25. The Hall–Kier alpha value is -3.72. The summed E-state index contributed by atoms with van der Waals surface area (Å²) < 4.78 is 43.3. The Morgan fingerprint density at radius 3 is 2.10 bits per heavy atom. The molecule has 9 heteroatoms. The second-order valence-corrected chi connectivity index (χ2v) is 11.6. The SMILES string of the molecule is CCC(C)NC(=O)C(C)N(Cc1ccccc1F)C(=O)CN(c1cc(C)cc(C)c1)S(=O)(=O)c1ccccc1. The second-order valence-electron chi connectivity index (χ2n) is 9.78. The molecule has 0 radical (unpaired) electrons. The summed E-state index contributed by atoms with van der Waals surface area (Å²) in [6, 6.07) is 18.1. The minimum absolute atomic E-state index is 0.0279. The first-order valence-corrected chi connectivity index (χ1v) is 14.4. The van der Waals surface area contributed by atoms with Gasteiger partial charge in [-0.05, 0) is 75.6 Å². The number of halogens is 1. The normalized spacial score (nSPS) is 12.9. The van der Waals surface area contributed by atoms with Crippen molar-refractivity contribution in [2.24, 2.45) is 0 Å². The molecule has 2 atom stereocenters. The molecule has 3 aromatic carbocycles. The summed E-state index contributed by atoms with van der Waals surface area (Å²) in [7, 11) is -4.15. The van der Waals surface area contributed by atoms with Crippen LogP contribution in [0.15, 0.2) is 77.7 Å². The van der Waals surface area contributed by atoms with Crippen LogP contribution in [0.2, 0.25) is 0 Å². The number of nitrogens with one attached hydrogen (secondary N) is 1. The third-order valence-corrected chi connectivity index (χ3v) is 8.36. The number of anilines is 1. The zero-order valence-corrected chi connectivity index (χ0v) is 23.8. The largest absolute Gasteiger partial charge is 0.352 e. The Morgan fingerprint density at radius 2 is 1.51 bits per heavy atom. The van der Waals surface area contributed by atoms with Crippen molar-refractivity contribution in [2.75, 3.05) is 10.8 Å². The fourth-order valence-corrected chi connectivity index (χ4v) is 5.62. The quantitative estimate of drug-likeness (QED) is 0.363. The highest BCUT2D eigenvalue weighted by Gasteiger charge is 2.33. The second kappa shape index (κ2) is 12.9. The van der Waals surface area contributed by atoms with Gasteiger partial charge in [0.05, 0.1) is 10.6 Å². The van der Waals surface area contributed by atoms with Gasteiger partial charge >= 0.3 is 0 Å². The molecule has 7 nitrogen and oxygen atoms in total. The molecule has 0 heterocycles. The molecule has 0 spiro atoms. The highest BCUT2D eigenvalue weighted by atomic mass is 32.2. The fraction of sp³-hybridized carbons (Fsp3) is 0.333. The summed E-state index contributed by atoms with van der Waals surface area (Å²) in [5.74, 6) is -1.56. The van der Waals surface area contributed by atoms with E-state index >= 15 is 0 Å². The van der Waals surface area contributed by atoms with Gasteiger partial charge in [0, 0.05) is 18.2 Å². The highest BCUT2D eigenvalue weighted by molar-refractivity contribution is 7.92. The Kier molecular flexibility index (Phi) is 9.86. The van der Waals surface area contributed by atoms with Crippen LogP contribution >= 0.6 is 0 Å². The third-order valence-electron chi connectivity index (χ3n) is 6.57. The van der Waals surface area contributed by atoms with Crippen LogP contribution in [0.5, 0.6) is 0 Å². The van der Waals surface area contributed by atoms with Crippen LogP contribution in [0.25, 0.3) is 0 Å². The lowest BCUT2D eigenvalue weighted by Gasteiger charge is -2.32. The molecule has 0 aromatic heterocycles. The van der Waals surface area contributed by atoms with Crippen LogP contribution in [0.3, 0.4) is 0 Å². The summed E-state index contributed by atoms with van der Waals surface area (Å²) in [5.41, 5.74) is 2.20. The minimum Gasteiger partial charge on any atom is -0.352 e. The number of carbonyl (C=O) groups is 2. The van der Waals surface area contributed by atoms with Crippen LogP contribution in [0.1, 0.15) is 43.9 Å². The lowest BCUT2D eigenvalue weighted by molar-refractivity contribution is -0.139. The molecule has 0 aliphatic carbocycles. The van der Waals surface area contributed by atoms with Gasteiger partial charge in [-0.25, -0.2) is 12.8 Å². The smallest absolute Gasteiger partial charge is 0.264 e. The van der Waals surface area contributed by atoms with Crippen molar-refractivity contribution in [3.63, 3.8) is 0 Å². The Bertz CT molecular complexity index is 1390. The molecule has 0 saturated carbocycles. The predicted molar refractivity (Wildman–Crippen MR) is 151 cm³/mol. The molecule has 3 rings (SSSR count). The van der Waals surface area contributed by atoms with Gasteiger partial charge in [0.2, 0.25) is 11.8 Å². The van der Waals surface area contributed by atoms with E-state index < -0.39 is 40.2 Å². The van der Waals surface area contributed by atoms with Gasteiger partial charge in [-0.1, -0.05) is 49.4 Å². The first-order chi connectivity index (χ1) is 18.4. The van der Waals surface area contributed by atoms with E-state index in [4.69, 9.17) is 0 Å². The van der Waals surface area contributed by atoms with E-state index in [2.05, 4.69) is 5.32 Å². The van der Waals surface area contributed by atoms with Crippen LogP contribution in [-0.4, -0.2) is 43.8 Å². The van der Waals surface area contributed by atoms with E-state index in [1.54, 1.807) is 43.3 Å². The molecular weight excluding hydrogens is 517 g/mol. The van der Waals surface area contributed by atoms with Crippen molar-refractivity contribution in [1.29, 1.82) is 0 Å². The number of nitrogens with zero attached hydrogens (tertiary/aromatic N) is 2. The van der Waals surface area contributed by atoms with Gasteiger partial charge in [0.1, 0.15) is 18.4 Å². The van der Waals surface area contributed by atoms with E-state index in [1.165, 1.54) is 35.2 Å².